The number of carboxylic acid groups (broad SMARTS) is 1. The van der Waals surface area contributed by atoms with Gasteiger partial charge in [0, 0.05) is 25.0 Å². The number of nitrogens with zero attached hydrogens (tertiary/aromatic N) is 2. The van der Waals surface area contributed by atoms with E-state index in [2.05, 4.69) is 16.7 Å². The number of hydrogen-bond donors (Lipinski definition) is 1. The third-order valence-corrected chi connectivity index (χ3v) is 4.93. The molecule has 6 heteroatoms. The number of furan rings is 1. The van der Waals surface area contributed by atoms with E-state index in [4.69, 9.17) is 9.52 Å². The molecule has 0 bridgehead atoms. The Morgan fingerprint density at radius 1 is 1.07 bits per heavy atom. The van der Waals surface area contributed by atoms with Crippen molar-refractivity contribution >= 4 is 11.9 Å². The molecule has 1 N–H and O–H groups in total. The number of aryl methyl sites for hydroxylation is 2. The van der Waals surface area contributed by atoms with Crippen molar-refractivity contribution in [2.45, 2.75) is 33.9 Å². The monoisotopic (exact) mass is 380 g/mol. The number of carbonyl (C=O) groups is 2. The van der Waals surface area contributed by atoms with Gasteiger partial charge in [0.2, 0.25) is 0 Å². The second-order valence-corrected chi connectivity index (χ2v) is 7.01. The average Bonchev–Trinajstić information content (AvgIpc) is 3.16. The minimum absolute atomic E-state index is 0.122. The first kappa shape index (κ1) is 19.5. The van der Waals surface area contributed by atoms with Gasteiger partial charge < -0.3 is 19.0 Å². The molecular weight excluding hydrogens is 356 g/mol. The Labute approximate surface area is 164 Å². The molecular formula is C22H24N2O4. The highest BCUT2D eigenvalue weighted by Gasteiger charge is 2.21. The van der Waals surface area contributed by atoms with Gasteiger partial charge in [-0.25, -0.2) is 4.79 Å². The van der Waals surface area contributed by atoms with E-state index in [1.54, 1.807) is 18.9 Å². The first-order valence-electron chi connectivity index (χ1n) is 9.06. The molecule has 6 nitrogen and oxygen atoms in total. The number of aromatic carboxylic acids is 1. The van der Waals surface area contributed by atoms with E-state index in [0.717, 1.165) is 11.4 Å². The second-order valence-electron chi connectivity index (χ2n) is 7.01. The smallest absolute Gasteiger partial charge is 0.339 e. The van der Waals surface area contributed by atoms with Crippen LogP contribution < -0.4 is 0 Å². The zero-order chi connectivity index (χ0) is 20.4. The molecule has 1 aromatic carbocycles. The molecule has 0 aliphatic carbocycles. The average molecular weight is 380 g/mol. The van der Waals surface area contributed by atoms with Gasteiger partial charge in [0.25, 0.3) is 5.91 Å². The molecule has 0 saturated carbocycles. The summed E-state index contributed by atoms with van der Waals surface area (Å²) in [4.78, 5) is 25.7. The Morgan fingerprint density at radius 3 is 2.36 bits per heavy atom. The summed E-state index contributed by atoms with van der Waals surface area (Å²) in [5, 5.41) is 9.15. The van der Waals surface area contributed by atoms with Gasteiger partial charge in [-0.05, 0) is 38.5 Å². The first-order chi connectivity index (χ1) is 13.3. The molecule has 0 aliphatic rings. The topological polar surface area (TPSA) is 75.7 Å². The zero-order valence-electron chi connectivity index (χ0n) is 16.5. The molecule has 0 atom stereocenters. The SMILES string of the molecule is Cc1oc(CN(C)C(=O)c2cc(C)n(Cc3ccccc3)c2C)cc1C(=O)O. The number of hydrogen-bond acceptors (Lipinski definition) is 3. The summed E-state index contributed by atoms with van der Waals surface area (Å²) in [5.74, 6) is -0.377. The van der Waals surface area contributed by atoms with Crippen molar-refractivity contribution in [1.82, 2.24) is 9.47 Å². The molecule has 3 rings (SSSR count). The lowest BCUT2D eigenvalue weighted by Crippen LogP contribution is -2.26. The maximum Gasteiger partial charge on any atom is 0.339 e. The maximum absolute atomic E-state index is 13.0. The van der Waals surface area contributed by atoms with Crippen molar-refractivity contribution < 1.29 is 19.1 Å². The lowest BCUT2D eigenvalue weighted by Gasteiger charge is -2.16. The number of carbonyl (C=O) groups excluding carboxylic acids is 1. The van der Waals surface area contributed by atoms with Gasteiger partial charge >= 0.3 is 5.97 Å². The van der Waals surface area contributed by atoms with E-state index >= 15 is 0 Å². The summed E-state index contributed by atoms with van der Waals surface area (Å²) in [5.41, 5.74) is 3.85. The normalized spacial score (nSPS) is 10.9. The van der Waals surface area contributed by atoms with E-state index < -0.39 is 5.97 Å². The van der Waals surface area contributed by atoms with E-state index in [1.165, 1.54) is 11.6 Å². The van der Waals surface area contributed by atoms with Gasteiger partial charge in [-0.3, -0.25) is 4.79 Å². The minimum atomic E-state index is -1.04. The number of amides is 1. The summed E-state index contributed by atoms with van der Waals surface area (Å²) in [6, 6.07) is 13.5. The standard InChI is InChI=1S/C22H24N2O4/c1-14-10-19(15(2)24(14)12-17-8-6-5-7-9-17)21(25)23(4)13-18-11-20(22(26)27)16(3)28-18/h5-11H,12-13H2,1-4H3,(H,26,27). The number of benzene rings is 1. The fourth-order valence-corrected chi connectivity index (χ4v) is 3.37. The van der Waals surface area contributed by atoms with Crippen LogP contribution in [0.1, 0.15) is 49.2 Å². The van der Waals surface area contributed by atoms with E-state index in [1.807, 2.05) is 38.1 Å². The molecule has 0 spiro atoms. The van der Waals surface area contributed by atoms with Gasteiger partial charge in [0.15, 0.2) is 0 Å². The van der Waals surface area contributed by atoms with Crippen molar-refractivity contribution in [3.8, 4) is 0 Å². The quantitative estimate of drug-likeness (QED) is 0.701. The van der Waals surface area contributed by atoms with E-state index in [0.29, 0.717) is 23.6 Å². The fraction of sp³-hybridized carbons (Fsp3) is 0.273. The number of aromatic nitrogens is 1. The van der Waals surface area contributed by atoms with Crippen LogP contribution in [0, 0.1) is 20.8 Å². The molecule has 3 aromatic rings. The molecule has 0 fully saturated rings. The summed E-state index contributed by atoms with van der Waals surface area (Å²) in [7, 11) is 1.68. The predicted molar refractivity (Wildman–Crippen MR) is 106 cm³/mol. The molecule has 1 amide bonds. The molecule has 2 heterocycles. The third kappa shape index (κ3) is 3.86. The molecule has 2 aromatic heterocycles. The summed E-state index contributed by atoms with van der Waals surface area (Å²) in [6.45, 7) is 6.44. The zero-order valence-corrected chi connectivity index (χ0v) is 16.5. The molecule has 0 unspecified atom stereocenters. The Hall–Kier alpha value is -3.28. The predicted octanol–water partition coefficient (Wildman–Crippen LogP) is 4.03. The third-order valence-electron chi connectivity index (χ3n) is 4.93. The van der Waals surface area contributed by atoms with Crippen LogP contribution in [0.25, 0.3) is 0 Å². The lowest BCUT2D eigenvalue weighted by atomic mass is 10.2. The summed E-state index contributed by atoms with van der Waals surface area (Å²) >= 11 is 0. The Balaban J connectivity index is 1.79. The van der Waals surface area contributed by atoms with Crippen molar-refractivity contribution in [2.24, 2.45) is 0 Å². The van der Waals surface area contributed by atoms with Gasteiger partial charge in [-0.1, -0.05) is 30.3 Å². The summed E-state index contributed by atoms with van der Waals surface area (Å²) < 4.78 is 7.61. The van der Waals surface area contributed by atoms with Gasteiger partial charge in [0.1, 0.15) is 17.1 Å². The van der Waals surface area contributed by atoms with Crippen LogP contribution in [0.2, 0.25) is 0 Å². The van der Waals surface area contributed by atoms with Gasteiger partial charge in [-0.2, -0.15) is 0 Å². The molecule has 146 valence electrons. The van der Waals surface area contributed by atoms with Crippen LogP contribution in [0.5, 0.6) is 0 Å². The second kappa shape index (κ2) is 7.76. The highest BCUT2D eigenvalue weighted by atomic mass is 16.4. The Bertz CT molecular complexity index is 1010. The molecule has 0 radical (unpaired) electrons. The number of carboxylic acids is 1. The molecule has 0 saturated heterocycles. The van der Waals surface area contributed by atoms with Gasteiger partial charge in [0.05, 0.1) is 12.1 Å². The van der Waals surface area contributed by atoms with Crippen LogP contribution in [0.15, 0.2) is 46.9 Å². The van der Waals surface area contributed by atoms with Crippen LogP contribution in [-0.2, 0) is 13.1 Å². The first-order valence-corrected chi connectivity index (χ1v) is 9.06. The molecule has 28 heavy (non-hydrogen) atoms. The highest BCUT2D eigenvalue weighted by Crippen LogP contribution is 2.21. The van der Waals surface area contributed by atoms with E-state index in [9.17, 15) is 9.59 Å². The minimum Gasteiger partial charge on any atom is -0.478 e. The van der Waals surface area contributed by atoms with Crippen LogP contribution in [0.4, 0.5) is 0 Å². The van der Waals surface area contributed by atoms with Crippen molar-refractivity contribution in [3.63, 3.8) is 0 Å². The fourth-order valence-electron chi connectivity index (χ4n) is 3.37. The van der Waals surface area contributed by atoms with Crippen molar-refractivity contribution in [3.05, 3.63) is 82.1 Å². The summed E-state index contributed by atoms with van der Waals surface area (Å²) in [6.07, 6.45) is 0. The van der Waals surface area contributed by atoms with Crippen molar-refractivity contribution in [1.29, 1.82) is 0 Å². The van der Waals surface area contributed by atoms with Crippen LogP contribution in [-0.4, -0.2) is 33.5 Å². The van der Waals surface area contributed by atoms with Gasteiger partial charge in [-0.15, -0.1) is 0 Å². The largest absolute Gasteiger partial charge is 0.478 e. The van der Waals surface area contributed by atoms with Crippen LogP contribution >= 0.6 is 0 Å². The van der Waals surface area contributed by atoms with E-state index in [-0.39, 0.29) is 18.0 Å². The van der Waals surface area contributed by atoms with Crippen molar-refractivity contribution in [2.75, 3.05) is 7.05 Å². The maximum atomic E-state index is 13.0. The molecule has 0 aliphatic heterocycles. The number of rotatable bonds is 6. The van der Waals surface area contributed by atoms with Crippen LogP contribution in [0.3, 0.4) is 0 Å². The Kier molecular flexibility index (Phi) is 5.40. The highest BCUT2D eigenvalue weighted by molar-refractivity contribution is 5.95. The Morgan fingerprint density at radius 2 is 1.75 bits per heavy atom. The lowest BCUT2D eigenvalue weighted by molar-refractivity contribution is 0.0694.